The summed E-state index contributed by atoms with van der Waals surface area (Å²) in [7, 11) is -0.314. The molecule has 1 aliphatic carbocycles. The molecule has 0 aliphatic heterocycles. The zero-order valence-corrected chi connectivity index (χ0v) is 29.5. The molecular formula is C35H62O6Si. The molecule has 0 saturated heterocycles. The largest absolute Gasteiger partial charge is 0.413 e. The molecule has 242 valence electrons. The highest BCUT2D eigenvalue weighted by Crippen LogP contribution is 2.42. The molecule has 7 atom stereocenters. The van der Waals surface area contributed by atoms with Gasteiger partial charge >= 0.3 is 0 Å². The average molecular weight is 607 g/mol. The van der Waals surface area contributed by atoms with E-state index in [1.165, 1.54) is 6.42 Å². The summed E-state index contributed by atoms with van der Waals surface area (Å²) < 4.78 is 23.4. The Hall–Kier alpha value is -1.30. The molecule has 0 spiro atoms. The summed E-state index contributed by atoms with van der Waals surface area (Å²) in [6.45, 7) is 21.9. The van der Waals surface area contributed by atoms with E-state index in [1.54, 1.807) is 7.11 Å². The van der Waals surface area contributed by atoms with E-state index in [2.05, 4.69) is 65.6 Å². The summed E-state index contributed by atoms with van der Waals surface area (Å²) in [5, 5.41) is 0.124. The van der Waals surface area contributed by atoms with Crippen LogP contribution < -0.4 is 0 Å². The Kier molecular flexibility index (Phi) is 18.3. The van der Waals surface area contributed by atoms with Gasteiger partial charge in [0.2, 0.25) is 5.78 Å². The third-order valence-electron chi connectivity index (χ3n) is 9.16. The first-order valence-corrected chi connectivity index (χ1v) is 19.1. The fraction of sp³-hybridized carbons (Fsp3) is 0.829. The van der Waals surface area contributed by atoms with Gasteiger partial charge in [-0.3, -0.25) is 4.79 Å². The Labute approximate surface area is 259 Å². The molecule has 6 nitrogen and oxygen atoms in total. The van der Waals surface area contributed by atoms with Crippen LogP contribution in [0.25, 0.3) is 0 Å². The molecule has 1 saturated carbocycles. The lowest BCUT2D eigenvalue weighted by Gasteiger charge is -2.41. The van der Waals surface area contributed by atoms with Crippen LogP contribution in [0, 0.1) is 47.3 Å². The number of Topliss-reactive ketones (excluding diaryl/α,β-unsaturated/α-hetero) is 1. The number of carbonyl (C=O) groups is 2. The second kappa shape index (κ2) is 19.9. The molecule has 0 amide bonds. The number of methoxy groups -OCH3 is 1. The van der Waals surface area contributed by atoms with Crippen molar-refractivity contribution in [2.24, 2.45) is 35.5 Å². The summed E-state index contributed by atoms with van der Waals surface area (Å²) in [6, 6.07) is 0. The minimum atomic E-state index is -1.98. The molecule has 0 aromatic rings. The van der Waals surface area contributed by atoms with E-state index in [9.17, 15) is 9.59 Å². The summed E-state index contributed by atoms with van der Waals surface area (Å²) in [5.74, 6) is 7.62. The number of ketones is 1. The highest BCUT2D eigenvalue weighted by atomic mass is 28.4. The Morgan fingerprint density at radius 2 is 1.69 bits per heavy atom. The number of carbonyl (C=O) groups excluding carboxylic acids is 2. The van der Waals surface area contributed by atoms with Crippen LogP contribution in [-0.2, 0) is 28.2 Å². The van der Waals surface area contributed by atoms with Crippen LogP contribution in [0.3, 0.4) is 0 Å². The molecule has 0 aromatic carbocycles. The number of ether oxygens (including phenoxy) is 3. The van der Waals surface area contributed by atoms with Crippen molar-refractivity contribution in [2.45, 2.75) is 118 Å². The fourth-order valence-corrected chi connectivity index (χ4v) is 7.25. The Morgan fingerprint density at radius 3 is 2.33 bits per heavy atom. The third kappa shape index (κ3) is 14.9. The van der Waals surface area contributed by atoms with E-state index in [1.807, 2.05) is 19.9 Å². The summed E-state index contributed by atoms with van der Waals surface area (Å²) >= 11 is 0. The smallest absolute Gasteiger partial charge is 0.208 e. The Bertz CT molecular complexity index is 867. The van der Waals surface area contributed by atoms with Gasteiger partial charge in [0.15, 0.2) is 8.32 Å². The van der Waals surface area contributed by atoms with Gasteiger partial charge in [-0.15, -0.1) is 0 Å². The minimum Gasteiger partial charge on any atom is -0.413 e. The minimum absolute atomic E-state index is 0.00444. The van der Waals surface area contributed by atoms with Crippen molar-refractivity contribution in [1.82, 2.24) is 0 Å². The molecule has 1 aliphatic rings. The second-order valence-electron chi connectivity index (χ2n) is 14.4. The second-order valence-corrected chi connectivity index (χ2v) is 19.1. The zero-order valence-electron chi connectivity index (χ0n) is 28.5. The van der Waals surface area contributed by atoms with Crippen molar-refractivity contribution >= 4 is 20.4 Å². The van der Waals surface area contributed by atoms with Crippen LogP contribution in [0.2, 0.25) is 18.1 Å². The molecule has 42 heavy (non-hydrogen) atoms. The summed E-state index contributed by atoms with van der Waals surface area (Å²) in [6.07, 6.45) is 12.0. The quantitative estimate of drug-likeness (QED) is 0.0351. The monoisotopic (exact) mass is 606 g/mol. The molecular weight excluding hydrogens is 544 g/mol. The molecule has 0 aromatic heterocycles. The van der Waals surface area contributed by atoms with Crippen LogP contribution in [0.15, 0.2) is 12.2 Å². The van der Waals surface area contributed by atoms with Gasteiger partial charge in [-0.05, 0) is 92.3 Å². The molecule has 0 bridgehead atoms. The average Bonchev–Trinajstić information content (AvgIpc) is 3.37. The standard InChI is InChI=1S/C35H62O6Si/c1-27(22-29(3)24-36)21-28(2)23-30(4)33(37)17-12-11-13-18-34(41-42(9,10)35(5,6)7)32-16-14-15-31(32)25-40-26-39-20-19-38-8/h11,13,24,27-32,34H,14-16,18-23,25-26H2,1-10H3/b13-11+/t27-,28+,29+,30-,31-,32+,34-/m0/s1. The van der Waals surface area contributed by atoms with Crippen LogP contribution in [0.1, 0.15) is 93.4 Å². The van der Waals surface area contributed by atoms with E-state index >= 15 is 0 Å². The highest BCUT2D eigenvalue weighted by Gasteiger charge is 2.42. The summed E-state index contributed by atoms with van der Waals surface area (Å²) in [4.78, 5) is 23.7. The summed E-state index contributed by atoms with van der Waals surface area (Å²) in [5.41, 5.74) is 0. The van der Waals surface area contributed by atoms with Crippen molar-refractivity contribution in [3.63, 3.8) is 0 Å². The van der Waals surface area contributed by atoms with Gasteiger partial charge in [-0.25, -0.2) is 0 Å². The number of hydrogen-bond donors (Lipinski definition) is 0. The van der Waals surface area contributed by atoms with Gasteiger partial charge in [-0.2, -0.15) is 0 Å². The van der Waals surface area contributed by atoms with Gasteiger partial charge in [-0.1, -0.05) is 66.9 Å². The lowest BCUT2D eigenvalue weighted by molar-refractivity contribution is -0.117. The normalized spacial score (nSPS) is 21.4. The lowest BCUT2D eigenvalue weighted by atomic mass is 9.85. The maximum atomic E-state index is 12.7. The van der Waals surface area contributed by atoms with Gasteiger partial charge in [0, 0.05) is 18.9 Å². The van der Waals surface area contributed by atoms with Crippen LogP contribution >= 0.6 is 0 Å². The first-order valence-electron chi connectivity index (χ1n) is 16.2. The van der Waals surface area contributed by atoms with Gasteiger partial charge in [0.1, 0.15) is 13.1 Å². The van der Waals surface area contributed by atoms with Crippen molar-refractivity contribution in [2.75, 3.05) is 33.7 Å². The number of aldehydes is 1. The SMILES string of the molecule is COCCOCOC[C@@H]1CCC[C@H]1[C@H](C/C=C/C#CC(=O)[C@@H](C)C[C@H](C)C[C@H](C)C[C@@H](C)C=O)O[Si](C)(C)C(C)(C)C. The molecule has 0 heterocycles. The van der Waals surface area contributed by atoms with E-state index in [0.717, 1.165) is 44.8 Å². The highest BCUT2D eigenvalue weighted by molar-refractivity contribution is 6.74. The van der Waals surface area contributed by atoms with E-state index < -0.39 is 8.32 Å². The number of rotatable bonds is 20. The third-order valence-corrected chi connectivity index (χ3v) is 13.7. The van der Waals surface area contributed by atoms with Crippen molar-refractivity contribution in [1.29, 1.82) is 0 Å². The topological polar surface area (TPSA) is 71.1 Å². The molecule has 0 unspecified atom stereocenters. The first kappa shape index (κ1) is 38.7. The van der Waals surface area contributed by atoms with Crippen LogP contribution in [0.5, 0.6) is 0 Å². The van der Waals surface area contributed by atoms with E-state index in [4.69, 9.17) is 18.6 Å². The van der Waals surface area contributed by atoms with Gasteiger partial charge < -0.3 is 23.4 Å². The van der Waals surface area contributed by atoms with Crippen LogP contribution in [-0.4, -0.2) is 60.2 Å². The Morgan fingerprint density at radius 1 is 1.00 bits per heavy atom. The first-order chi connectivity index (χ1) is 19.7. The predicted molar refractivity (Wildman–Crippen MR) is 175 cm³/mol. The van der Waals surface area contributed by atoms with Gasteiger partial charge in [0.25, 0.3) is 0 Å². The van der Waals surface area contributed by atoms with E-state index in [0.29, 0.717) is 50.3 Å². The van der Waals surface area contributed by atoms with Gasteiger partial charge in [0.05, 0.1) is 25.9 Å². The fourth-order valence-electron chi connectivity index (χ4n) is 5.86. The van der Waals surface area contributed by atoms with Crippen molar-refractivity contribution in [3.05, 3.63) is 12.2 Å². The number of hydrogen-bond acceptors (Lipinski definition) is 6. The number of allylic oxidation sites excluding steroid dienone is 1. The van der Waals surface area contributed by atoms with Crippen molar-refractivity contribution < 1.29 is 28.2 Å². The van der Waals surface area contributed by atoms with Crippen LogP contribution in [0.4, 0.5) is 0 Å². The molecule has 0 N–H and O–H groups in total. The predicted octanol–water partition coefficient (Wildman–Crippen LogP) is 7.86. The maximum Gasteiger partial charge on any atom is 0.208 e. The molecule has 0 radical (unpaired) electrons. The molecule has 1 rings (SSSR count). The van der Waals surface area contributed by atoms with Crippen molar-refractivity contribution in [3.8, 4) is 11.8 Å². The zero-order chi connectivity index (χ0) is 31.8. The maximum absolute atomic E-state index is 12.7. The van der Waals surface area contributed by atoms with E-state index in [-0.39, 0.29) is 28.8 Å². The molecule has 1 fully saturated rings. The Balaban J connectivity index is 2.77. The lowest BCUT2D eigenvalue weighted by Crippen LogP contribution is -2.46. The molecule has 7 heteroatoms.